The number of methoxy groups -OCH3 is 2. The predicted molar refractivity (Wildman–Crippen MR) is 112 cm³/mol. The van der Waals surface area contributed by atoms with Crippen molar-refractivity contribution in [3.63, 3.8) is 0 Å². The first kappa shape index (κ1) is 19.5. The molecule has 142 valence electrons. The standard InChI is InChI=1S/C22H20N2O3S/c1-4-27-18-10-8-15(9-11-18)19-14-28-22(24-19)17(13-23)12-16-6-5-7-20(25-2)21(16)26-3/h5-12,14H,4H2,1-3H3/b17-12-. The van der Waals surface area contributed by atoms with Gasteiger partial charge in [-0.05, 0) is 43.3 Å². The number of rotatable bonds is 7. The molecular weight excluding hydrogens is 372 g/mol. The summed E-state index contributed by atoms with van der Waals surface area (Å²) in [7, 11) is 3.16. The third-order valence-corrected chi connectivity index (χ3v) is 4.92. The van der Waals surface area contributed by atoms with Crippen LogP contribution in [0.5, 0.6) is 17.2 Å². The van der Waals surface area contributed by atoms with Crippen LogP contribution in [0.1, 0.15) is 17.5 Å². The van der Waals surface area contributed by atoms with E-state index in [1.807, 2.05) is 54.8 Å². The number of nitriles is 1. The average Bonchev–Trinajstić information content (AvgIpc) is 3.22. The fourth-order valence-corrected chi connectivity index (χ4v) is 3.54. The van der Waals surface area contributed by atoms with E-state index in [1.54, 1.807) is 20.3 Å². The molecule has 0 saturated carbocycles. The molecule has 0 aliphatic heterocycles. The zero-order valence-corrected chi connectivity index (χ0v) is 16.7. The van der Waals surface area contributed by atoms with Gasteiger partial charge in [-0.3, -0.25) is 0 Å². The van der Waals surface area contributed by atoms with Gasteiger partial charge in [-0.2, -0.15) is 5.26 Å². The number of aromatic nitrogens is 1. The summed E-state index contributed by atoms with van der Waals surface area (Å²) in [6.07, 6.45) is 1.77. The second-order valence-electron chi connectivity index (χ2n) is 5.75. The van der Waals surface area contributed by atoms with Gasteiger partial charge >= 0.3 is 0 Å². The summed E-state index contributed by atoms with van der Waals surface area (Å²) >= 11 is 1.43. The van der Waals surface area contributed by atoms with Gasteiger partial charge in [-0.1, -0.05) is 12.1 Å². The third kappa shape index (κ3) is 4.16. The quantitative estimate of drug-likeness (QED) is 0.511. The Balaban J connectivity index is 1.93. The second-order valence-corrected chi connectivity index (χ2v) is 6.61. The lowest BCUT2D eigenvalue weighted by molar-refractivity contribution is 0.340. The molecule has 0 fully saturated rings. The largest absolute Gasteiger partial charge is 0.494 e. The van der Waals surface area contributed by atoms with E-state index in [-0.39, 0.29) is 0 Å². The highest BCUT2D eigenvalue weighted by Crippen LogP contribution is 2.34. The topological polar surface area (TPSA) is 64.4 Å². The molecule has 1 heterocycles. The highest BCUT2D eigenvalue weighted by molar-refractivity contribution is 7.11. The highest BCUT2D eigenvalue weighted by atomic mass is 32.1. The van der Waals surface area contributed by atoms with Crippen molar-refractivity contribution in [2.75, 3.05) is 20.8 Å². The van der Waals surface area contributed by atoms with Crippen molar-refractivity contribution in [1.29, 1.82) is 5.26 Å². The molecule has 0 N–H and O–H groups in total. The number of hydrogen-bond acceptors (Lipinski definition) is 6. The lowest BCUT2D eigenvalue weighted by Gasteiger charge is -2.10. The number of ether oxygens (including phenoxy) is 3. The monoisotopic (exact) mass is 392 g/mol. The number of para-hydroxylation sites is 1. The Morgan fingerprint density at radius 2 is 1.93 bits per heavy atom. The molecule has 3 rings (SSSR count). The van der Waals surface area contributed by atoms with Crippen LogP contribution in [0.3, 0.4) is 0 Å². The smallest absolute Gasteiger partial charge is 0.167 e. The molecule has 28 heavy (non-hydrogen) atoms. The molecule has 5 nitrogen and oxygen atoms in total. The van der Waals surface area contributed by atoms with Gasteiger partial charge in [0.1, 0.15) is 16.8 Å². The Kier molecular flexibility index (Phi) is 6.30. The van der Waals surface area contributed by atoms with Crippen molar-refractivity contribution >= 4 is 23.0 Å². The molecular formula is C22H20N2O3S. The Labute approximate surface area is 168 Å². The summed E-state index contributed by atoms with van der Waals surface area (Å²) in [6, 6.07) is 15.5. The van der Waals surface area contributed by atoms with E-state index >= 15 is 0 Å². The van der Waals surface area contributed by atoms with Crippen molar-refractivity contribution in [3.05, 3.63) is 58.4 Å². The first-order valence-electron chi connectivity index (χ1n) is 8.72. The minimum atomic E-state index is 0.466. The molecule has 0 radical (unpaired) electrons. The van der Waals surface area contributed by atoms with E-state index in [2.05, 4.69) is 11.1 Å². The lowest BCUT2D eigenvalue weighted by Crippen LogP contribution is -1.93. The van der Waals surface area contributed by atoms with E-state index in [0.717, 1.165) is 22.6 Å². The van der Waals surface area contributed by atoms with Crippen LogP contribution in [-0.2, 0) is 0 Å². The minimum absolute atomic E-state index is 0.466. The highest BCUT2D eigenvalue weighted by Gasteiger charge is 2.13. The fraction of sp³-hybridized carbons (Fsp3) is 0.182. The predicted octanol–water partition coefficient (Wildman–Crippen LogP) is 5.29. The van der Waals surface area contributed by atoms with Gasteiger partial charge in [-0.25, -0.2) is 4.98 Å². The van der Waals surface area contributed by atoms with Gasteiger partial charge in [0.2, 0.25) is 0 Å². The van der Waals surface area contributed by atoms with Crippen molar-refractivity contribution in [2.45, 2.75) is 6.92 Å². The van der Waals surface area contributed by atoms with Crippen molar-refractivity contribution in [2.24, 2.45) is 0 Å². The van der Waals surface area contributed by atoms with Gasteiger partial charge in [0.15, 0.2) is 11.5 Å². The zero-order valence-electron chi connectivity index (χ0n) is 15.9. The first-order chi connectivity index (χ1) is 13.7. The summed E-state index contributed by atoms with van der Waals surface area (Å²) in [5.41, 5.74) is 3.02. The number of nitrogens with zero attached hydrogens (tertiary/aromatic N) is 2. The van der Waals surface area contributed by atoms with Crippen LogP contribution in [0.4, 0.5) is 0 Å². The maximum Gasteiger partial charge on any atom is 0.167 e. The summed E-state index contributed by atoms with van der Waals surface area (Å²) in [5.74, 6) is 2.02. The van der Waals surface area contributed by atoms with E-state index < -0.39 is 0 Å². The van der Waals surface area contributed by atoms with E-state index in [4.69, 9.17) is 14.2 Å². The normalized spacial score (nSPS) is 11.0. The Hall–Kier alpha value is -3.30. The minimum Gasteiger partial charge on any atom is -0.494 e. The number of hydrogen-bond donors (Lipinski definition) is 0. The summed E-state index contributed by atoms with van der Waals surface area (Å²) < 4.78 is 16.2. The SMILES string of the molecule is CCOc1ccc(-c2csc(/C(C#N)=C\c3cccc(OC)c3OC)n2)cc1. The fourth-order valence-electron chi connectivity index (χ4n) is 2.74. The first-order valence-corrected chi connectivity index (χ1v) is 9.60. The summed E-state index contributed by atoms with van der Waals surface area (Å²) in [5, 5.41) is 12.3. The number of benzene rings is 2. The molecule has 0 atom stereocenters. The molecule has 1 aromatic heterocycles. The Morgan fingerprint density at radius 1 is 1.14 bits per heavy atom. The van der Waals surface area contributed by atoms with Gasteiger partial charge in [0.25, 0.3) is 0 Å². The molecule has 2 aromatic carbocycles. The Morgan fingerprint density at radius 3 is 2.57 bits per heavy atom. The average molecular weight is 392 g/mol. The molecule has 0 amide bonds. The molecule has 3 aromatic rings. The number of allylic oxidation sites excluding steroid dienone is 1. The summed E-state index contributed by atoms with van der Waals surface area (Å²) in [6.45, 7) is 2.58. The van der Waals surface area contributed by atoms with Crippen LogP contribution in [0.25, 0.3) is 22.9 Å². The van der Waals surface area contributed by atoms with Crippen LogP contribution >= 0.6 is 11.3 Å². The van der Waals surface area contributed by atoms with E-state index in [1.165, 1.54) is 11.3 Å². The van der Waals surface area contributed by atoms with Crippen LogP contribution in [0.15, 0.2) is 47.8 Å². The molecule has 0 aliphatic carbocycles. The molecule has 0 spiro atoms. The molecule has 0 bridgehead atoms. The van der Waals surface area contributed by atoms with Gasteiger partial charge in [-0.15, -0.1) is 11.3 Å². The second kappa shape index (κ2) is 9.07. The maximum absolute atomic E-state index is 9.67. The van der Waals surface area contributed by atoms with Gasteiger partial charge in [0.05, 0.1) is 32.1 Å². The van der Waals surface area contributed by atoms with Crippen molar-refractivity contribution < 1.29 is 14.2 Å². The Bertz CT molecular complexity index is 1020. The van der Waals surface area contributed by atoms with Crippen molar-refractivity contribution in [3.8, 4) is 34.6 Å². The molecule has 0 unspecified atom stereocenters. The zero-order chi connectivity index (χ0) is 19.9. The number of thiazole rings is 1. The lowest BCUT2D eigenvalue weighted by atomic mass is 10.1. The molecule has 0 saturated heterocycles. The maximum atomic E-state index is 9.67. The molecule has 0 aliphatic rings. The third-order valence-electron chi connectivity index (χ3n) is 4.05. The van der Waals surface area contributed by atoms with Crippen molar-refractivity contribution in [1.82, 2.24) is 4.98 Å². The summed E-state index contributed by atoms with van der Waals surface area (Å²) in [4.78, 5) is 4.64. The van der Waals surface area contributed by atoms with Crippen LogP contribution < -0.4 is 14.2 Å². The van der Waals surface area contributed by atoms with Crippen LogP contribution in [0, 0.1) is 11.3 Å². The molecule has 6 heteroatoms. The van der Waals surface area contributed by atoms with Gasteiger partial charge in [0, 0.05) is 16.5 Å². The van der Waals surface area contributed by atoms with Gasteiger partial charge < -0.3 is 14.2 Å². The van der Waals surface area contributed by atoms with E-state index in [0.29, 0.717) is 28.7 Å². The van der Waals surface area contributed by atoms with E-state index in [9.17, 15) is 5.26 Å². The van der Waals surface area contributed by atoms with Crippen LogP contribution in [-0.4, -0.2) is 25.8 Å². The van der Waals surface area contributed by atoms with Crippen LogP contribution in [0.2, 0.25) is 0 Å².